The van der Waals surface area contributed by atoms with Crippen molar-refractivity contribution in [2.45, 2.75) is 0 Å². The Morgan fingerprint density at radius 1 is 0.586 bits per heavy atom. The average Bonchev–Trinajstić information content (AvgIpc) is 2.75. The minimum absolute atomic E-state index is 0.135. The van der Waals surface area contributed by atoms with Crippen molar-refractivity contribution in [3.63, 3.8) is 0 Å². The maximum Gasteiger partial charge on any atom is 0.260 e. The van der Waals surface area contributed by atoms with Gasteiger partial charge in [0.1, 0.15) is 0 Å². The van der Waals surface area contributed by atoms with Gasteiger partial charge in [0, 0.05) is 26.2 Å². The number of nitrogens with zero attached hydrogens (tertiary/aromatic N) is 2. The fourth-order valence-electron chi connectivity index (χ4n) is 3.00. The van der Waals surface area contributed by atoms with E-state index in [0.717, 1.165) is 0 Å². The van der Waals surface area contributed by atoms with Crippen LogP contribution in [0, 0.1) is 0 Å². The van der Waals surface area contributed by atoms with Crippen molar-refractivity contribution in [3.8, 4) is 11.5 Å². The topological polar surface area (TPSA) is 86.8 Å². The van der Waals surface area contributed by atoms with Crippen LogP contribution >= 0.6 is 0 Å². The lowest BCUT2D eigenvalue weighted by Crippen LogP contribution is -2.40. The van der Waals surface area contributed by atoms with E-state index in [4.69, 9.17) is 23.7 Å². The van der Waals surface area contributed by atoms with E-state index in [-0.39, 0.29) is 25.0 Å². The molecule has 0 saturated carbocycles. The maximum atomic E-state index is 12.7. The molecule has 2 aliphatic rings. The number of hydrogen-bond donors (Lipinski definition) is 0. The predicted molar refractivity (Wildman–Crippen MR) is 103 cm³/mol. The lowest BCUT2D eigenvalue weighted by atomic mass is 10.3. The van der Waals surface area contributed by atoms with Crippen molar-refractivity contribution in [1.29, 1.82) is 0 Å². The molecular formula is C20H28N2O7. The molecule has 0 atom stereocenters. The number of fused-ring (bicyclic) bond motifs is 7. The number of amides is 2. The second-order valence-corrected chi connectivity index (χ2v) is 6.62. The average molecular weight is 408 g/mol. The summed E-state index contributed by atoms with van der Waals surface area (Å²) in [6.07, 6.45) is 0. The van der Waals surface area contributed by atoms with Gasteiger partial charge in [0.2, 0.25) is 0 Å². The Balaban J connectivity index is 1.80. The molecule has 29 heavy (non-hydrogen) atoms. The molecule has 1 fully saturated rings. The first-order valence-corrected chi connectivity index (χ1v) is 9.87. The Kier molecular flexibility index (Phi) is 8.54. The normalized spacial score (nSPS) is 21.0. The van der Waals surface area contributed by atoms with Crippen molar-refractivity contribution in [1.82, 2.24) is 9.80 Å². The third kappa shape index (κ3) is 6.88. The van der Waals surface area contributed by atoms with Gasteiger partial charge in [-0.25, -0.2) is 0 Å². The van der Waals surface area contributed by atoms with Gasteiger partial charge < -0.3 is 33.5 Å². The molecule has 9 nitrogen and oxygen atoms in total. The van der Waals surface area contributed by atoms with Gasteiger partial charge in [0.15, 0.2) is 24.7 Å². The molecule has 160 valence electrons. The Morgan fingerprint density at radius 3 is 1.38 bits per heavy atom. The summed E-state index contributed by atoms with van der Waals surface area (Å²) in [7, 11) is 0. The molecule has 2 heterocycles. The summed E-state index contributed by atoms with van der Waals surface area (Å²) in [5.74, 6) is 0.513. The molecule has 3 rings (SSSR count). The van der Waals surface area contributed by atoms with E-state index in [1.54, 1.807) is 34.1 Å². The second-order valence-electron chi connectivity index (χ2n) is 6.62. The van der Waals surface area contributed by atoms with E-state index in [9.17, 15) is 9.59 Å². The zero-order valence-electron chi connectivity index (χ0n) is 16.5. The molecule has 0 aliphatic carbocycles. The van der Waals surface area contributed by atoms with Gasteiger partial charge in [-0.2, -0.15) is 0 Å². The highest BCUT2D eigenvalue weighted by atomic mass is 16.5. The van der Waals surface area contributed by atoms with Gasteiger partial charge in [-0.05, 0) is 12.1 Å². The Labute approximate surface area is 170 Å². The number of ether oxygens (including phenoxy) is 5. The lowest BCUT2D eigenvalue weighted by molar-refractivity contribution is -0.135. The minimum atomic E-state index is -0.167. The summed E-state index contributed by atoms with van der Waals surface area (Å²) < 4.78 is 28.1. The molecule has 2 amide bonds. The van der Waals surface area contributed by atoms with Gasteiger partial charge in [0.05, 0.1) is 39.6 Å². The Morgan fingerprint density at radius 2 is 0.966 bits per heavy atom. The quantitative estimate of drug-likeness (QED) is 0.566. The molecule has 0 aromatic heterocycles. The van der Waals surface area contributed by atoms with Crippen molar-refractivity contribution >= 4 is 11.8 Å². The molecular weight excluding hydrogens is 380 g/mol. The monoisotopic (exact) mass is 408 g/mol. The van der Waals surface area contributed by atoms with Crippen LogP contribution in [0.25, 0.3) is 0 Å². The van der Waals surface area contributed by atoms with E-state index < -0.39 is 0 Å². The Bertz CT molecular complexity index is 615. The largest absolute Gasteiger partial charge is 0.480 e. The number of carbonyl (C=O) groups is 2. The van der Waals surface area contributed by atoms with Crippen LogP contribution in [0.5, 0.6) is 11.5 Å². The van der Waals surface area contributed by atoms with Crippen LogP contribution in [0.1, 0.15) is 0 Å². The van der Waals surface area contributed by atoms with Crippen molar-refractivity contribution in [2.75, 3.05) is 79.0 Å². The molecule has 0 unspecified atom stereocenters. The van der Waals surface area contributed by atoms with E-state index in [1.807, 2.05) is 0 Å². The van der Waals surface area contributed by atoms with E-state index in [2.05, 4.69) is 0 Å². The summed E-state index contributed by atoms with van der Waals surface area (Å²) >= 11 is 0. The van der Waals surface area contributed by atoms with Crippen LogP contribution in [0.2, 0.25) is 0 Å². The van der Waals surface area contributed by atoms with E-state index in [0.29, 0.717) is 77.3 Å². The van der Waals surface area contributed by atoms with Crippen LogP contribution in [-0.4, -0.2) is 101 Å². The third-order valence-electron chi connectivity index (χ3n) is 4.65. The van der Waals surface area contributed by atoms with Crippen LogP contribution in [0.4, 0.5) is 0 Å². The van der Waals surface area contributed by atoms with Crippen LogP contribution in [0.3, 0.4) is 0 Å². The molecule has 2 bridgehead atoms. The highest BCUT2D eigenvalue weighted by Gasteiger charge is 2.19. The predicted octanol–water partition coefficient (Wildman–Crippen LogP) is 0.178. The summed E-state index contributed by atoms with van der Waals surface area (Å²) in [5, 5.41) is 0. The SMILES string of the molecule is O=C1COc2ccccc2OCC(=O)N2CCOCCOCCN1CCOCC2. The second kappa shape index (κ2) is 11.6. The molecule has 0 spiro atoms. The first-order valence-electron chi connectivity index (χ1n) is 9.87. The van der Waals surface area contributed by atoms with Crippen molar-refractivity contribution < 1.29 is 33.3 Å². The lowest BCUT2D eigenvalue weighted by Gasteiger charge is -2.23. The fraction of sp³-hybridized carbons (Fsp3) is 0.600. The smallest absolute Gasteiger partial charge is 0.260 e. The van der Waals surface area contributed by atoms with Crippen LogP contribution < -0.4 is 9.47 Å². The summed E-state index contributed by atoms with van der Waals surface area (Å²) in [5.41, 5.74) is 0. The van der Waals surface area contributed by atoms with E-state index >= 15 is 0 Å². The minimum Gasteiger partial charge on any atom is -0.480 e. The van der Waals surface area contributed by atoms with Gasteiger partial charge in [-0.15, -0.1) is 0 Å². The van der Waals surface area contributed by atoms with Crippen LogP contribution in [0.15, 0.2) is 24.3 Å². The van der Waals surface area contributed by atoms with Crippen molar-refractivity contribution in [3.05, 3.63) is 24.3 Å². The standard InChI is InChI=1S/C20H28N2O7/c23-19-15-28-17-3-1-2-4-18(17)29-16-20(24)22-6-10-25-9-5-21(19)7-11-26-13-14-27-12-8-22/h1-4H,5-16H2. The summed E-state index contributed by atoms with van der Waals surface area (Å²) in [4.78, 5) is 28.6. The first kappa shape index (κ1) is 21.4. The molecule has 0 N–H and O–H groups in total. The highest BCUT2D eigenvalue weighted by molar-refractivity contribution is 5.78. The number of rotatable bonds is 0. The fourth-order valence-corrected chi connectivity index (χ4v) is 3.00. The van der Waals surface area contributed by atoms with Gasteiger partial charge >= 0.3 is 0 Å². The number of para-hydroxylation sites is 2. The summed E-state index contributed by atoms with van der Waals surface area (Å²) in [6.45, 7) is 3.87. The zero-order valence-corrected chi connectivity index (χ0v) is 16.5. The number of carbonyl (C=O) groups excluding carboxylic acids is 2. The molecule has 9 heteroatoms. The molecule has 1 saturated heterocycles. The zero-order chi connectivity index (χ0) is 20.3. The van der Waals surface area contributed by atoms with Gasteiger partial charge in [0.25, 0.3) is 11.8 Å². The first-order chi connectivity index (χ1) is 14.2. The maximum absolute atomic E-state index is 12.7. The Hall–Kier alpha value is -2.36. The van der Waals surface area contributed by atoms with Crippen molar-refractivity contribution in [2.24, 2.45) is 0 Å². The summed E-state index contributed by atoms with van der Waals surface area (Å²) in [6, 6.07) is 7.01. The number of benzene rings is 1. The highest BCUT2D eigenvalue weighted by Crippen LogP contribution is 2.26. The molecule has 1 aromatic carbocycles. The number of hydrogen-bond acceptors (Lipinski definition) is 7. The van der Waals surface area contributed by atoms with Crippen LogP contribution in [-0.2, 0) is 23.8 Å². The van der Waals surface area contributed by atoms with Gasteiger partial charge in [-0.1, -0.05) is 12.1 Å². The van der Waals surface area contributed by atoms with E-state index in [1.165, 1.54) is 0 Å². The third-order valence-corrected chi connectivity index (χ3v) is 4.65. The molecule has 0 radical (unpaired) electrons. The molecule has 1 aromatic rings. The van der Waals surface area contributed by atoms with Gasteiger partial charge in [-0.3, -0.25) is 9.59 Å². The molecule has 2 aliphatic heterocycles.